The Labute approximate surface area is 200 Å². The first-order valence-electron chi connectivity index (χ1n) is 10.6. The minimum absolute atomic E-state index is 0.0376. The Morgan fingerprint density at radius 3 is 2.45 bits per heavy atom. The summed E-state index contributed by atoms with van der Waals surface area (Å²) in [6.45, 7) is 5.78. The van der Waals surface area contributed by atoms with E-state index in [1.54, 1.807) is 35.6 Å². The van der Waals surface area contributed by atoms with E-state index in [4.69, 9.17) is 4.74 Å². The Hall–Kier alpha value is -3.46. The fourth-order valence-corrected chi connectivity index (χ4v) is 4.09. The molecular weight excluding hydrogens is 486 g/mol. The third kappa shape index (κ3) is 4.68. The molecule has 2 heterocycles. The second kappa shape index (κ2) is 9.58. The number of halogens is 1. The number of aromatic nitrogens is 3. The molecule has 33 heavy (non-hydrogen) atoms. The fraction of sp³-hybridized carbons (Fsp3) is 0.250. The van der Waals surface area contributed by atoms with Crippen molar-refractivity contribution in [2.75, 3.05) is 23.4 Å². The van der Waals surface area contributed by atoms with Gasteiger partial charge in [0, 0.05) is 15.9 Å². The van der Waals surface area contributed by atoms with E-state index in [1.807, 2.05) is 43.3 Å². The van der Waals surface area contributed by atoms with Crippen LogP contribution in [0.4, 0.5) is 11.6 Å². The van der Waals surface area contributed by atoms with Crippen LogP contribution in [0.3, 0.4) is 0 Å². The molecule has 1 aromatic heterocycles. The lowest BCUT2D eigenvalue weighted by Crippen LogP contribution is -2.40. The molecule has 4 rings (SSSR count). The van der Waals surface area contributed by atoms with Gasteiger partial charge in [-0.3, -0.25) is 4.79 Å². The molecule has 8 nitrogen and oxygen atoms in total. The van der Waals surface area contributed by atoms with Crippen LogP contribution in [0.5, 0.6) is 0 Å². The molecule has 1 aliphatic heterocycles. The van der Waals surface area contributed by atoms with E-state index in [-0.39, 0.29) is 19.1 Å². The second-order valence-electron chi connectivity index (χ2n) is 7.68. The van der Waals surface area contributed by atoms with E-state index in [2.05, 4.69) is 31.3 Å². The lowest BCUT2D eigenvalue weighted by Gasteiger charge is -2.35. The summed E-state index contributed by atoms with van der Waals surface area (Å²) in [5.74, 6) is -0.208. The fourth-order valence-electron chi connectivity index (χ4n) is 3.83. The Morgan fingerprint density at radius 1 is 1.09 bits per heavy atom. The van der Waals surface area contributed by atoms with Gasteiger partial charge in [-0.05, 0) is 50.6 Å². The lowest BCUT2D eigenvalue weighted by atomic mass is 9.94. The van der Waals surface area contributed by atoms with Crippen molar-refractivity contribution < 1.29 is 14.3 Å². The molecule has 0 saturated carbocycles. The van der Waals surface area contributed by atoms with Crippen LogP contribution in [0.25, 0.3) is 0 Å². The van der Waals surface area contributed by atoms with E-state index in [9.17, 15) is 9.59 Å². The Kier molecular flexibility index (Phi) is 6.60. The van der Waals surface area contributed by atoms with Crippen LogP contribution in [-0.4, -0.2) is 39.8 Å². The number of nitrogens with one attached hydrogen (secondary N) is 1. The van der Waals surface area contributed by atoms with E-state index >= 15 is 0 Å². The molecule has 1 aliphatic rings. The zero-order valence-electron chi connectivity index (χ0n) is 18.6. The van der Waals surface area contributed by atoms with Gasteiger partial charge in [-0.15, -0.1) is 0 Å². The average Bonchev–Trinajstić information content (AvgIpc) is 3.27. The number of hydrogen-bond acceptors (Lipinski definition) is 6. The monoisotopic (exact) mass is 509 g/mol. The maximum absolute atomic E-state index is 13.1. The predicted octanol–water partition coefficient (Wildman–Crippen LogP) is 4.23. The molecule has 3 aromatic rings. The number of rotatable bonds is 6. The highest BCUT2D eigenvalue weighted by molar-refractivity contribution is 9.10. The van der Waals surface area contributed by atoms with Gasteiger partial charge in [0.05, 0.1) is 12.2 Å². The Morgan fingerprint density at radius 2 is 1.79 bits per heavy atom. The van der Waals surface area contributed by atoms with E-state index in [0.29, 0.717) is 22.9 Å². The molecular formula is C24H24BrN5O3. The van der Waals surface area contributed by atoms with Crippen molar-refractivity contribution in [3.8, 4) is 0 Å². The average molecular weight is 510 g/mol. The van der Waals surface area contributed by atoms with Gasteiger partial charge in [-0.1, -0.05) is 45.8 Å². The number of allylic oxidation sites excluding steroid dienone is 1. The third-order valence-corrected chi connectivity index (χ3v) is 5.96. The minimum atomic E-state index is -0.507. The van der Waals surface area contributed by atoms with Crippen molar-refractivity contribution in [1.82, 2.24) is 14.8 Å². The van der Waals surface area contributed by atoms with Crippen LogP contribution >= 0.6 is 15.9 Å². The molecule has 1 N–H and O–H groups in total. The Bertz CT molecular complexity index is 1200. The second-order valence-corrected chi connectivity index (χ2v) is 8.59. The van der Waals surface area contributed by atoms with Gasteiger partial charge in [-0.2, -0.15) is 10.1 Å². The number of amides is 1. The number of carbonyl (C=O) groups excluding carboxylic acids is 2. The molecule has 170 valence electrons. The summed E-state index contributed by atoms with van der Waals surface area (Å²) in [4.78, 5) is 32.0. The highest BCUT2D eigenvalue weighted by Crippen LogP contribution is 2.38. The van der Waals surface area contributed by atoms with Crippen LogP contribution in [0.15, 0.2) is 70.6 Å². The number of aryl methyl sites for hydroxylation is 1. The minimum Gasteiger partial charge on any atom is -0.463 e. The molecule has 9 heteroatoms. The summed E-state index contributed by atoms with van der Waals surface area (Å²) in [6.07, 6.45) is 1.43. The molecule has 2 aromatic carbocycles. The summed E-state index contributed by atoms with van der Waals surface area (Å²) >= 11 is 3.39. The predicted molar refractivity (Wildman–Crippen MR) is 129 cm³/mol. The lowest BCUT2D eigenvalue weighted by molar-refractivity contribution is -0.139. The van der Waals surface area contributed by atoms with Crippen molar-refractivity contribution in [2.45, 2.75) is 26.8 Å². The highest BCUT2D eigenvalue weighted by atomic mass is 79.9. The zero-order valence-corrected chi connectivity index (χ0v) is 20.2. The molecule has 0 aliphatic carbocycles. The molecule has 0 bridgehead atoms. The molecule has 0 spiro atoms. The number of nitrogens with zero attached hydrogens (tertiary/aromatic N) is 4. The first kappa shape index (κ1) is 22.7. The molecule has 1 amide bonds. The van der Waals surface area contributed by atoms with Crippen molar-refractivity contribution in [3.63, 3.8) is 0 Å². The van der Waals surface area contributed by atoms with Crippen molar-refractivity contribution >= 4 is 39.4 Å². The number of anilines is 2. The number of ether oxygens (including phenoxy) is 1. The smallest absolute Gasteiger partial charge is 0.338 e. The SMILES string of the molecule is CCOC(=O)C1=C(C)N(CC(=O)Nc2ccc(Br)cc2)c2ncnn2C1c1ccc(C)cc1. The van der Waals surface area contributed by atoms with Crippen molar-refractivity contribution in [3.05, 3.63) is 81.7 Å². The zero-order chi connectivity index (χ0) is 23.5. The number of fused-ring (bicyclic) bond motifs is 1. The maximum Gasteiger partial charge on any atom is 0.338 e. The van der Waals surface area contributed by atoms with Gasteiger partial charge < -0.3 is 15.0 Å². The summed E-state index contributed by atoms with van der Waals surface area (Å²) in [7, 11) is 0. The van der Waals surface area contributed by atoms with Crippen LogP contribution in [0.1, 0.15) is 31.0 Å². The van der Waals surface area contributed by atoms with E-state index < -0.39 is 12.0 Å². The molecule has 1 unspecified atom stereocenters. The Balaban J connectivity index is 1.72. The number of esters is 1. The summed E-state index contributed by atoms with van der Waals surface area (Å²) in [6, 6.07) is 14.7. The van der Waals surface area contributed by atoms with Gasteiger partial charge in [0.25, 0.3) is 0 Å². The highest BCUT2D eigenvalue weighted by Gasteiger charge is 2.38. The number of carbonyl (C=O) groups is 2. The van der Waals surface area contributed by atoms with Crippen LogP contribution < -0.4 is 10.2 Å². The van der Waals surface area contributed by atoms with Gasteiger partial charge in [-0.25, -0.2) is 9.48 Å². The largest absolute Gasteiger partial charge is 0.463 e. The summed E-state index contributed by atoms with van der Waals surface area (Å²) < 4.78 is 7.97. The normalized spacial score (nSPS) is 15.3. The number of hydrogen-bond donors (Lipinski definition) is 1. The quantitative estimate of drug-likeness (QED) is 0.500. The first-order chi connectivity index (χ1) is 15.9. The molecule has 0 saturated heterocycles. The third-order valence-electron chi connectivity index (χ3n) is 5.43. The van der Waals surface area contributed by atoms with E-state index in [1.165, 1.54) is 6.33 Å². The van der Waals surface area contributed by atoms with Crippen LogP contribution in [-0.2, 0) is 14.3 Å². The molecule has 0 fully saturated rings. The standard InChI is InChI=1S/C24H24BrN5O3/c1-4-33-23(32)21-16(3)29(13-20(31)28-19-11-9-18(25)10-12-19)24-26-14-27-30(24)22(21)17-7-5-15(2)6-8-17/h5-12,14,22H,4,13H2,1-3H3,(H,28,31). The van der Waals surface area contributed by atoms with Crippen molar-refractivity contribution in [2.24, 2.45) is 0 Å². The van der Waals surface area contributed by atoms with Gasteiger partial charge >= 0.3 is 5.97 Å². The topological polar surface area (TPSA) is 89.3 Å². The first-order valence-corrected chi connectivity index (χ1v) is 11.3. The maximum atomic E-state index is 13.1. The van der Waals surface area contributed by atoms with Gasteiger partial charge in [0.2, 0.25) is 11.9 Å². The van der Waals surface area contributed by atoms with Gasteiger partial charge in [0.15, 0.2) is 0 Å². The van der Waals surface area contributed by atoms with E-state index in [0.717, 1.165) is 15.6 Å². The number of benzene rings is 2. The van der Waals surface area contributed by atoms with Crippen LogP contribution in [0, 0.1) is 6.92 Å². The van der Waals surface area contributed by atoms with Gasteiger partial charge in [0.1, 0.15) is 18.9 Å². The summed E-state index contributed by atoms with van der Waals surface area (Å²) in [5.41, 5.74) is 3.69. The summed E-state index contributed by atoms with van der Waals surface area (Å²) in [5, 5.41) is 7.28. The van der Waals surface area contributed by atoms with Crippen molar-refractivity contribution in [1.29, 1.82) is 0 Å². The molecule has 1 atom stereocenters. The van der Waals surface area contributed by atoms with Crippen LogP contribution in [0.2, 0.25) is 0 Å². The molecule has 0 radical (unpaired) electrons.